The number of rotatable bonds is 6. The van der Waals surface area contributed by atoms with Gasteiger partial charge in [0.2, 0.25) is 0 Å². The Morgan fingerprint density at radius 3 is 2.55 bits per heavy atom. The van der Waals surface area contributed by atoms with Gasteiger partial charge < -0.3 is 10.1 Å². The normalized spacial score (nSPS) is 11.8. The van der Waals surface area contributed by atoms with E-state index in [0.29, 0.717) is 5.75 Å². The number of ether oxygens (including phenoxy) is 1. The molecule has 1 amide bonds. The average Bonchev–Trinajstić information content (AvgIpc) is 2.51. The van der Waals surface area contributed by atoms with Gasteiger partial charge in [0, 0.05) is 4.90 Å². The highest BCUT2D eigenvalue weighted by molar-refractivity contribution is 7.99. The molecule has 1 N–H and O–H groups in total. The molecule has 2 aromatic rings. The summed E-state index contributed by atoms with van der Waals surface area (Å²) in [5.74, 6) is 1.51. The first-order chi connectivity index (χ1) is 10.6. The largest absolute Gasteiger partial charge is 0.481 e. The summed E-state index contributed by atoms with van der Waals surface area (Å²) in [7, 11) is 0. The van der Waals surface area contributed by atoms with Crippen LogP contribution in [-0.2, 0) is 4.79 Å². The van der Waals surface area contributed by atoms with E-state index in [1.807, 2.05) is 55.5 Å². The minimum absolute atomic E-state index is 0.148. The van der Waals surface area contributed by atoms with Crippen LogP contribution < -0.4 is 10.1 Å². The third kappa shape index (κ3) is 4.53. The molecule has 0 bridgehead atoms. The molecular formula is C18H21NO2S. The van der Waals surface area contributed by atoms with Crippen LogP contribution in [0.1, 0.15) is 19.4 Å². The number of amides is 1. The Balaban J connectivity index is 2.01. The monoisotopic (exact) mass is 315 g/mol. The van der Waals surface area contributed by atoms with E-state index in [1.54, 1.807) is 18.7 Å². The van der Waals surface area contributed by atoms with Gasteiger partial charge in [0.15, 0.2) is 6.10 Å². The van der Waals surface area contributed by atoms with Crippen LogP contribution in [0, 0.1) is 6.92 Å². The predicted octanol–water partition coefficient (Wildman–Crippen LogP) is 4.51. The topological polar surface area (TPSA) is 38.3 Å². The van der Waals surface area contributed by atoms with E-state index < -0.39 is 6.10 Å². The van der Waals surface area contributed by atoms with E-state index >= 15 is 0 Å². The molecule has 0 heterocycles. The van der Waals surface area contributed by atoms with E-state index in [-0.39, 0.29) is 5.91 Å². The number of hydrogen-bond donors (Lipinski definition) is 1. The second-order valence-corrected chi connectivity index (χ2v) is 6.30. The standard InChI is InChI=1S/C18H21NO2S/c1-4-22-17-8-6-5-7-16(17)19-18(20)14(3)21-15-11-9-13(2)10-12-15/h5-12,14H,4H2,1-3H3,(H,19,20)/t14-/m1/s1. The summed E-state index contributed by atoms with van der Waals surface area (Å²) in [5.41, 5.74) is 1.99. The highest BCUT2D eigenvalue weighted by Gasteiger charge is 2.16. The van der Waals surface area contributed by atoms with Crippen molar-refractivity contribution < 1.29 is 9.53 Å². The van der Waals surface area contributed by atoms with Crippen LogP contribution in [0.3, 0.4) is 0 Å². The zero-order valence-electron chi connectivity index (χ0n) is 13.1. The highest BCUT2D eigenvalue weighted by Crippen LogP contribution is 2.26. The minimum Gasteiger partial charge on any atom is -0.481 e. The molecule has 116 valence electrons. The number of nitrogens with one attached hydrogen (secondary N) is 1. The lowest BCUT2D eigenvalue weighted by Gasteiger charge is -2.16. The molecule has 0 saturated carbocycles. The van der Waals surface area contributed by atoms with Gasteiger partial charge in [-0.05, 0) is 43.9 Å². The van der Waals surface area contributed by atoms with E-state index in [9.17, 15) is 4.79 Å². The molecule has 0 radical (unpaired) electrons. The summed E-state index contributed by atoms with van der Waals surface area (Å²) < 4.78 is 5.68. The fourth-order valence-corrected chi connectivity index (χ4v) is 2.72. The molecule has 0 aliphatic rings. The molecule has 3 nitrogen and oxygen atoms in total. The van der Waals surface area contributed by atoms with Crippen LogP contribution in [0.25, 0.3) is 0 Å². The predicted molar refractivity (Wildman–Crippen MR) is 92.7 cm³/mol. The number of carbonyl (C=O) groups is 1. The van der Waals surface area contributed by atoms with E-state index in [0.717, 1.165) is 21.9 Å². The molecule has 22 heavy (non-hydrogen) atoms. The minimum atomic E-state index is -0.553. The van der Waals surface area contributed by atoms with Crippen LogP contribution in [0.5, 0.6) is 5.75 Å². The van der Waals surface area contributed by atoms with Crippen LogP contribution in [0.4, 0.5) is 5.69 Å². The smallest absolute Gasteiger partial charge is 0.265 e. The van der Waals surface area contributed by atoms with Gasteiger partial charge in [-0.15, -0.1) is 11.8 Å². The summed E-state index contributed by atoms with van der Waals surface area (Å²) in [5, 5.41) is 2.94. The van der Waals surface area contributed by atoms with Crippen molar-refractivity contribution in [3.63, 3.8) is 0 Å². The molecule has 0 saturated heterocycles. The number of para-hydroxylation sites is 1. The lowest BCUT2D eigenvalue weighted by atomic mass is 10.2. The molecular weight excluding hydrogens is 294 g/mol. The number of benzene rings is 2. The van der Waals surface area contributed by atoms with Crippen molar-refractivity contribution in [2.75, 3.05) is 11.1 Å². The van der Waals surface area contributed by atoms with Gasteiger partial charge in [-0.3, -0.25) is 4.79 Å². The molecule has 0 unspecified atom stereocenters. The van der Waals surface area contributed by atoms with Gasteiger partial charge >= 0.3 is 0 Å². The molecule has 0 aromatic heterocycles. The Bertz CT molecular complexity index is 625. The summed E-state index contributed by atoms with van der Waals surface area (Å²) >= 11 is 1.71. The van der Waals surface area contributed by atoms with Crippen LogP contribution in [0.15, 0.2) is 53.4 Å². The quantitative estimate of drug-likeness (QED) is 0.797. The number of aryl methyl sites for hydroxylation is 1. The molecule has 4 heteroatoms. The number of hydrogen-bond acceptors (Lipinski definition) is 3. The maximum Gasteiger partial charge on any atom is 0.265 e. The lowest BCUT2D eigenvalue weighted by Crippen LogP contribution is -2.30. The fourth-order valence-electron chi connectivity index (χ4n) is 1.96. The van der Waals surface area contributed by atoms with E-state index in [4.69, 9.17) is 4.74 Å². The van der Waals surface area contributed by atoms with Crippen molar-refractivity contribution in [2.24, 2.45) is 0 Å². The first-order valence-corrected chi connectivity index (χ1v) is 8.34. The van der Waals surface area contributed by atoms with Crippen LogP contribution >= 0.6 is 11.8 Å². The summed E-state index contributed by atoms with van der Waals surface area (Å²) in [4.78, 5) is 13.4. The van der Waals surface area contributed by atoms with Gasteiger partial charge in [0.05, 0.1) is 5.69 Å². The van der Waals surface area contributed by atoms with E-state index in [1.165, 1.54) is 0 Å². The fraction of sp³-hybridized carbons (Fsp3) is 0.278. The van der Waals surface area contributed by atoms with Crippen molar-refractivity contribution in [1.82, 2.24) is 0 Å². The van der Waals surface area contributed by atoms with Gasteiger partial charge in [0.25, 0.3) is 5.91 Å². The van der Waals surface area contributed by atoms with Gasteiger partial charge in [-0.25, -0.2) is 0 Å². The maximum absolute atomic E-state index is 12.3. The SMILES string of the molecule is CCSc1ccccc1NC(=O)[C@@H](C)Oc1ccc(C)cc1. The van der Waals surface area contributed by atoms with Gasteiger partial charge in [-0.2, -0.15) is 0 Å². The highest BCUT2D eigenvalue weighted by atomic mass is 32.2. The van der Waals surface area contributed by atoms with Gasteiger partial charge in [0.1, 0.15) is 5.75 Å². The Kier molecular flexibility index (Phi) is 5.90. The first kappa shape index (κ1) is 16.4. The molecule has 0 aliphatic heterocycles. The Morgan fingerprint density at radius 2 is 1.86 bits per heavy atom. The van der Waals surface area contributed by atoms with Gasteiger partial charge in [-0.1, -0.05) is 36.8 Å². The summed E-state index contributed by atoms with van der Waals surface area (Å²) in [6.45, 7) is 5.86. The zero-order chi connectivity index (χ0) is 15.9. The van der Waals surface area contributed by atoms with Crippen LogP contribution in [0.2, 0.25) is 0 Å². The van der Waals surface area contributed by atoms with Crippen molar-refractivity contribution in [3.05, 3.63) is 54.1 Å². The number of carbonyl (C=O) groups excluding carboxylic acids is 1. The molecule has 0 fully saturated rings. The molecule has 2 aromatic carbocycles. The number of anilines is 1. The molecule has 1 atom stereocenters. The molecule has 0 aliphatic carbocycles. The lowest BCUT2D eigenvalue weighted by molar-refractivity contribution is -0.122. The second kappa shape index (κ2) is 7.90. The third-order valence-electron chi connectivity index (χ3n) is 3.15. The molecule has 2 rings (SSSR count). The van der Waals surface area contributed by atoms with Crippen molar-refractivity contribution >= 4 is 23.4 Å². The zero-order valence-corrected chi connectivity index (χ0v) is 13.9. The average molecular weight is 315 g/mol. The van der Waals surface area contributed by atoms with Crippen molar-refractivity contribution in [2.45, 2.75) is 31.8 Å². The second-order valence-electron chi connectivity index (χ2n) is 4.99. The van der Waals surface area contributed by atoms with E-state index in [2.05, 4.69) is 12.2 Å². The summed E-state index contributed by atoms with van der Waals surface area (Å²) in [6.07, 6.45) is -0.553. The molecule has 0 spiro atoms. The Morgan fingerprint density at radius 1 is 1.18 bits per heavy atom. The third-order valence-corrected chi connectivity index (χ3v) is 4.10. The Hall–Kier alpha value is -1.94. The Labute approximate surface area is 136 Å². The maximum atomic E-state index is 12.3. The first-order valence-electron chi connectivity index (χ1n) is 7.36. The number of thioether (sulfide) groups is 1. The van der Waals surface area contributed by atoms with Crippen molar-refractivity contribution in [1.29, 1.82) is 0 Å². The van der Waals surface area contributed by atoms with Crippen molar-refractivity contribution in [3.8, 4) is 5.75 Å². The van der Waals surface area contributed by atoms with Crippen LogP contribution in [-0.4, -0.2) is 17.8 Å². The summed E-state index contributed by atoms with van der Waals surface area (Å²) in [6, 6.07) is 15.5.